The van der Waals surface area contributed by atoms with Crippen LogP contribution in [0.1, 0.15) is 11.5 Å². The van der Waals surface area contributed by atoms with Crippen molar-refractivity contribution in [1.29, 1.82) is 0 Å². The van der Waals surface area contributed by atoms with Crippen molar-refractivity contribution in [1.82, 2.24) is 5.43 Å². The highest BCUT2D eigenvalue weighted by molar-refractivity contribution is 6.02. The van der Waals surface area contributed by atoms with Gasteiger partial charge in [-0.3, -0.25) is 14.5 Å². The lowest BCUT2D eigenvalue weighted by molar-refractivity contribution is -0.125. The molecule has 1 aliphatic heterocycles. The first-order valence-electron chi connectivity index (χ1n) is 7.04. The molecule has 1 aliphatic rings. The molecule has 2 amide bonds. The van der Waals surface area contributed by atoms with Gasteiger partial charge in [0.25, 0.3) is 11.8 Å². The summed E-state index contributed by atoms with van der Waals surface area (Å²) in [6.45, 7) is 1.60. The first-order valence-corrected chi connectivity index (χ1v) is 7.04. The predicted octanol–water partition coefficient (Wildman–Crippen LogP) is 1.46. The molecule has 0 spiro atoms. The van der Waals surface area contributed by atoms with Gasteiger partial charge in [-0.15, -0.1) is 0 Å². The summed E-state index contributed by atoms with van der Waals surface area (Å²) in [5, 5.41) is 3.81. The Morgan fingerprint density at radius 2 is 2.17 bits per heavy atom. The summed E-state index contributed by atoms with van der Waals surface area (Å²) in [5.74, 6) is 1.19. The lowest BCUT2D eigenvalue weighted by atomic mass is 10.2. The van der Waals surface area contributed by atoms with Gasteiger partial charge in [0.15, 0.2) is 6.61 Å². The topological polar surface area (TPSA) is 84.1 Å². The zero-order valence-corrected chi connectivity index (χ0v) is 12.5. The second-order valence-electron chi connectivity index (χ2n) is 4.98. The molecule has 0 radical (unpaired) electrons. The maximum atomic E-state index is 12.0. The third-order valence-electron chi connectivity index (χ3n) is 3.25. The monoisotopic (exact) mass is 313 g/mol. The number of para-hydroxylation sites is 2. The van der Waals surface area contributed by atoms with Gasteiger partial charge in [0.1, 0.15) is 23.8 Å². The number of hydrazone groups is 1. The van der Waals surface area contributed by atoms with Crippen LogP contribution in [0, 0.1) is 6.92 Å². The molecule has 1 aromatic heterocycles. The molecule has 3 rings (SSSR count). The molecule has 0 atom stereocenters. The summed E-state index contributed by atoms with van der Waals surface area (Å²) >= 11 is 0. The molecule has 0 aliphatic carbocycles. The minimum absolute atomic E-state index is 0.0841. The van der Waals surface area contributed by atoms with E-state index in [4.69, 9.17) is 9.15 Å². The van der Waals surface area contributed by atoms with Crippen LogP contribution in [-0.2, 0) is 9.59 Å². The average Bonchev–Trinajstić information content (AvgIpc) is 2.96. The van der Waals surface area contributed by atoms with Crippen LogP contribution in [-0.4, -0.2) is 31.2 Å². The van der Waals surface area contributed by atoms with Crippen LogP contribution in [0.25, 0.3) is 0 Å². The molecule has 23 heavy (non-hydrogen) atoms. The van der Waals surface area contributed by atoms with Gasteiger partial charge in [-0.1, -0.05) is 12.1 Å². The minimum atomic E-state index is -0.408. The lowest BCUT2D eigenvalue weighted by Gasteiger charge is -2.28. The first kappa shape index (κ1) is 14.8. The SMILES string of the molecule is Cc1ccc(/C=N\NC(=O)CN2C(=O)COc3ccccc32)o1. The Kier molecular flexibility index (Phi) is 4.09. The zero-order valence-electron chi connectivity index (χ0n) is 12.5. The first-order chi connectivity index (χ1) is 11.1. The molecule has 7 heteroatoms. The summed E-state index contributed by atoms with van der Waals surface area (Å²) in [5.41, 5.74) is 2.95. The van der Waals surface area contributed by atoms with Crippen LogP contribution in [0.4, 0.5) is 5.69 Å². The summed E-state index contributed by atoms with van der Waals surface area (Å²) in [7, 11) is 0. The van der Waals surface area contributed by atoms with Gasteiger partial charge in [-0.2, -0.15) is 5.10 Å². The maximum Gasteiger partial charge on any atom is 0.265 e. The van der Waals surface area contributed by atoms with Crippen LogP contribution in [0.5, 0.6) is 5.75 Å². The normalized spacial score (nSPS) is 13.8. The van der Waals surface area contributed by atoms with Gasteiger partial charge < -0.3 is 9.15 Å². The van der Waals surface area contributed by atoms with Gasteiger partial charge in [0.2, 0.25) is 0 Å². The number of rotatable bonds is 4. The number of nitrogens with one attached hydrogen (secondary N) is 1. The number of aryl methyl sites for hydroxylation is 1. The molecule has 0 bridgehead atoms. The van der Waals surface area contributed by atoms with Crippen molar-refractivity contribution >= 4 is 23.7 Å². The van der Waals surface area contributed by atoms with Crippen LogP contribution in [0.15, 0.2) is 45.9 Å². The van der Waals surface area contributed by atoms with Gasteiger partial charge in [-0.25, -0.2) is 5.43 Å². The van der Waals surface area contributed by atoms with Gasteiger partial charge >= 0.3 is 0 Å². The van der Waals surface area contributed by atoms with E-state index in [1.54, 1.807) is 30.3 Å². The summed E-state index contributed by atoms with van der Waals surface area (Å²) < 4.78 is 10.6. The number of fused-ring (bicyclic) bond motifs is 1. The van der Waals surface area contributed by atoms with Gasteiger partial charge in [-0.05, 0) is 31.2 Å². The second kappa shape index (κ2) is 6.35. The van der Waals surface area contributed by atoms with Crippen molar-refractivity contribution in [3.05, 3.63) is 47.9 Å². The summed E-state index contributed by atoms with van der Waals surface area (Å²) in [4.78, 5) is 25.3. The van der Waals surface area contributed by atoms with Crippen LogP contribution >= 0.6 is 0 Å². The number of hydrogen-bond acceptors (Lipinski definition) is 5. The van der Waals surface area contributed by atoms with Crippen molar-refractivity contribution in [2.75, 3.05) is 18.1 Å². The molecule has 0 saturated heterocycles. The average molecular weight is 313 g/mol. The van der Waals surface area contributed by atoms with E-state index >= 15 is 0 Å². The number of benzene rings is 1. The van der Waals surface area contributed by atoms with E-state index in [-0.39, 0.29) is 19.1 Å². The standard InChI is InChI=1S/C16H15N3O4/c1-11-6-7-12(23-11)8-17-18-15(20)9-19-13-4-2-3-5-14(13)22-10-16(19)21/h2-8H,9-10H2,1H3,(H,18,20)/b17-8-. The number of carbonyl (C=O) groups excluding carboxylic acids is 2. The Bertz CT molecular complexity index is 766. The van der Waals surface area contributed by atoms with Crippen LogP contribution in [0.3, 0.4) is 0 Å². The van der Waals surface area contributed by atoms with Crippen LogP contribution < -0.4 is 15.1 Å². The molecule has 1 aromatic carbocycles. The van der Waals surface area contributed by atoms with E-state index in [0.717, 1.165) is 5.76 Å². The smallest absolute Gasteiger partial charge is 0.265 e. The molecule has 0 unspecified atom stereocenters. The second-order valence-corrected chi connectivity index (χ2v) is 4.98. The minimum Gasteiger partial charge on any atom is -0.482 e. The zero-order chi connectivity index (χ0) is 16.2. The Labute approximate surface area is 132 Å². The number of anilines is 1. The Hall–Kier alpha value is -3.09. The van der Waals surface area contributed by atoms with Crippen molar-refractivity contribution in [3.8, 4) is 5.75 Å². The van der Waals surface area contributed by atoms with E-state index in [9.17, 15) is 9.59 Å². The van der Waals surface area contributed by atoms with Crippen LogP contribution in [0.2, 0.25) is 0 Å². The molecule has 7 nitrogen and oxygen atoms in total. The number of hydrogen-bond donors (Lipinski definition) is 1. The summed E-state index contributed by atoms with van der Waals surface area (Å²) in [6.07, 6.45) is 1.40. The highest BCUT2D eigenvalue weighted by atomic mass is 16.5. The van der Waals surface area contributed by atoms with Crippen molar-refractivity contribution in [2.24, 2.45) is 5.10 Å². The number of nitrogens with zero attached hydrogens (tertiary/aromatic N) is 2. The lowest BCUT2D eigenvalue weighted by Crippen LogP contribution is -2.44. The predicted molar refractivity (Wildman–Crippen MR) is 83.5 cm³/mol. The molecule has 118 valence electrons. The number of amides is 2. The number of furan rings is 1. The van der Waals surface area contributed by atoms with Crippen molar-refractivity contribution in [2.45, 2.75) is 6.92 Å². The third-order valence-corrected chi connectivity index (χ3v) is 3.25. The highest BCUT2D eigenvalue weighted by Crippen LogP contribution is 2.31. The molecule has 0 fully saturated rings. The van der Waals surface area contributed by atoms with Crippen molar-refractivity contribution in [3.63, 3.8) is 0 Å². The fourth-order valence-corrected chi connectivity index (χ4v) is 2.20. The molecule has 2 aromatic rings. The molecule has 1 N–H and O–H groups in total. The number of carbonyl (C=O) groups is 2. The van der Waals surface area contributed by atoms with E-state index < -0.39 is 5.91 Å². The Morgan fingerprint density at radius 1 is 1.35 bits per heavy atom. The fraction of sp³-hybridized carbons (Fsp3) is 0.188. The van der Waals surface area contributed by atoms with E-state index in [0.29, 0.717) is 17.2 Å². The van der Waals surface area contributed by atoms with E-state index in [1.807, 2.05) is 13.0 Å². The summed E-state index contributed by atoms with van der Waals surface area (Å²) in [6, 6.07) is 10.6. The fourth-order valence-electron chi connectivity index (χ4n) is 2.20. The van der Waals surface area contributed by atoms with E-state index in [1.165, 1.54) is 11.1 Å². The highest BCUT2D eigenvalue weighted by Gasteiger charge is 2.26. The van der Waals surface area contributed by atoms with E-state index in [2.05, 4.69) is 10.5 Å². The molecular formula is C16H15N3O4. The quantitative estimate of drug-likeness (QED) is 0.684. The van der Waals surface area contributed by atoms with Crippen molar-refractivity contribution < 1.29 is 18.7 Å². The largest absolute Gasteiger partial charge is 0.482 e. The Balaban J connectivity index is 1.63. The van der Waals surface area contributed by atoms with Gasteiger partial charge in [0.05, 0.1) is 11.9 Å². The third kappa shape index (κ3) is 3.39. The molecule has 0 saturated carbocycles. The molecular weight excluding hydrogens is 298 g/mol. The van der Waals surface area contributed by atoms with Gasteiger partial charge in [0, 0.05) is 0 Å². The maximum absolute atomic E-state index is 12.0. The number of ether oxygens (including phenoxy) is 1. The Morgan fingerprint density at radius 3 is 2.96 bits per heavy atom. The molecule has 2 heterocycles.